The molecule has 0 bridgehead atoms. The zero-order chi connectivity index (χ0) is 13.5. The molecule has 0 aliphatic heterocycles. The van der Waals surface area contributed by atoms with E-state index in [-0.39, 0.29) is 0 Å². The molecule has 0 saturated heterocycles. The maximum atomic E-state index is 5.99. The molecule has 0 heterocycles. The molecule has 0 spiro atoms. The Balaban J connectivity index is 1.54. The summed E-state index contributed by atoms with van der Waals surface area (Å²) in [5.74, 6) is 0.896. The number of hydrogen-bond donors (Lipinski definition) is 1. The molecular weight excluding hydrogens is 238 g/mol. The zero-order valence-corrected chi connectivity index (χ0v) is 12.7. The quantitative estimate of drug-likeness (QED) is 0.752. The molecule has 0 aromatic heterocycles. The second-order valence-corrected chi connectivity index (χ2v) is 6.44. The van der Waals surface area contributed by atoms with Crippen molar-refractivity contribution in [3.05, 3.63) is 0 Å². The van der Waals surface area contributed by atoms with Crippen LogP contribution in [-0.4, -0.2) is 38.5 Å². The van der Waals surface area contributed by atoms with E-state index >= 15 is 0 Å². The van der Waals surface area contributed by atoms with Gasteiger partial charge < -0.3 is 14.8 Å². The van der Waals surface area contributed by atoms with Gasteiger partial charge in [-0.2, -0.15) is 0 Å². The normalized spacial score (nSPS) is 36.3. The van der Waals surface area contributed by atoms with Crippen LogP contribution in [0.15, 0.2) is 0 Å². The van der Waals surface area contributed by atoms with Gasteiger partial charge in [0, 0.05) is 19.7 Å². The Labute approximate surface area is 118 Å². The van der Waals surface area contributed by atoms with Crippen molar-refractivity contribution in [2.75, 3.05) is 20.3 Å². The summed E-state index contributed by atoms with van der Waals surface area (Å²) >= 11 is 0. The van der Waals surface area contributed by atoms with Gasteiger partial charge in [0.05, 0.1) is 18.8 Å². The van der Waals surface area contributed by atoms with E-state index in [1.165, 1.54) is 44.9 Å². The van der Waals surface area contributed by atoms with Gasteiger partial charge in [-0.25, -0.2) is 0 Å². The van der Waals surface area contributed by atoms with Crippen molar-refractivity contribution in [1.82, 2.24) is 5.32 Å². The number of methoxy groups -OCH3 is 1. The lowest BCUT2D eigenvalue weighted by Crippen LogP contribution is -2.37. The van der Waals surface area contributed by atoms with Gasteiger partial charge in [-0.1, -0.05) is 19.8 Å². The third-order valence-electron chi connectivity index (χ3n) is 4.74. The van der Waals surface area contributed by atoms with Crippen LogP contribution in [0.5, 0.6) is 0 Å². The van der Waals surface area contributed by atoms with Crippen molar-refractivity contribution in [3.63, 3.8) is 0 Å². The Bertz CT molecular complexity index is 247. The summed E-state index contributed by atoms with van der Waals surface area (Å²) in [5, 5.41) is 3.66. The number of nitrogens with one attached hydrogen (secondary N) is 1. The molecule has 3 heteroatoms. The number of ether oxygens (including phenoxy) is 2. The van der Waals surface area contributed by atoms with Crippen LogP contribution < -0.4 is 5.32 Å². The van der Waals surface area contributed by atoms with E-state index in [1.54, 1.807) is 0 Å². The topological polar surface area (TPSA) is 30.5 Å². The summed E-state index contributed by atoms with van der Waals surface area (Å²) < 4.78 is 11.4. The fourth-order valence-electron chi connectivity index (χ4n) is 3.58. The smallest absolute Gasteiger partial charge is 0.0600 e. The first-order valence-corrected chi connectivity index (χ1v) is 8.15. The van der Waals surface area contributed by atoms with E-state index in [0.717, 1.165) is 31.5 Å². The first kappa shape index (κ1) is 15.3. The summed E-state index contributed by atoms with van der Waals surface area (Å²) in [4.78, 5) is 0. The first-order valence-electron chi connectivity index (χ1n) is 8.15. The molecule has 2 saturated carbocycles. The SMILES string of the molecule is COC1CCCC(OCCNC2CCCC(C)C2)C1. The predicted molar refractivity (Wildman–Crippen MR) is 78.4 cm³/mol. The minimum atomic E-state index is 0.422. The molecule has 112 valence electrons. The Kier molecular flexibility index (Phi) is 6.62. The minimum absolute atomic E-state index is 0.422. The zero-order valence-electron chi connectivity index (χ0n) is 12.7. The van der Waals surface area contributed by atoms with Gasteiger partial charge in [0.2, 0.25) is 0 Å². The van der Waals surface area contributed by atoms with Crippen molar-refractivity contribution in [2.24, 2.45) is 5.92 Å². The molecule has 0 aromatic carbocycles. The molecule has 0 aromatic rings. The highest BCUT2D eigenvalue weighted by Gasteiger charge is 2.22. The van der Waals surface area contributed by atoms with Gasteiger partial charge in [-0.05, 0) is 44.4 Å². The largest absolute Gasteiger partial charge is 0.381 e. The summed E-state index contributed by atoms with van der Waals surface area (Å²) in [6.45, 7) is 4.23. The van der Waals surface area contributed by atoms with Crippen LogP contribution in [0.25, 0.3) is 0 Å². The summed E-state index contributed by atoms with van der Waals surface area (Å²) in [6.07, 6.45) is 11.1. The van der Waals surface area contributed by atoms with Crippen LogP contribution in [0, 0.1) is 5.92 Å². The third kappa shape index (κ3) is 5.41. The van der Waals surface area contributed by atoms with E-state index in [0.29, 0.717) is 12.2 Å². The van der Waals surface area contributed by atoms with Crippen molar-refractivity contribution in [3.8, 4) is 0 Å². The molecule has 1 N–H and O–H groups in total. The van der Waals surface area contributed by atoms with Crippen LogP contribution in [0.1, 0.15) is 58.3 Å². The highest BCUT2D eigenvalue weighted by atomic mass is 16.5. The monoisotopic (exact) mass is 269 g/mol. The molecule has 3 nitrogen and oxygen atoms in total. The summed E-state index contributed by atoms with van der Waals surface area (Å²) in [7, 11) is 1.82. The van der Waals surface area contributed by atoms with Gasteiger partial charge in [0.15, 0.2) is 0 Å². The molecule has 4 atom stereocenters. The maximum Gasteiger partial charge on any atom is 0.0600 e. The summed E-state index contributed by atoms with van der Waals surface area (Å²) in [5.41, 5.74) is 0. The average Bonchev–Trinajstić information content (AvgIpc) is 2.44. The van der Waals surface area contributed by atoms with Crippen LogP contribution in [0.4, 0.5) is 0 Å². The second kappa shape index (κ2) is 8.23. The molecule has 0 amide bonds. The van der Waals surface area contributed by atoms with Gasteiger partial charge in [-0.15, -0.1) is 0 Å². The third-order valence-corrected chi connectivity index (χ3v) is 4.74. The predicted octanol–water partition coefficient (Wildman–Crippen LogP) is 3.13. The van der Waals surface area contributed by atoms with E-state index in [9.17, 15) is 0 Å². The molecule has 2 aliphatic rings. The van der Waals surface area contributed by atoms with Crippen LogP contribution >= 0.6 is 0 Å². The molecular formula is C16H31NO2. The van der Waals surface area contributed by atoms with Gasteiger partial charge in [0.1, 0.15) is 0 Å². The first-order chi connectivity index (χ1) is 9.28. The lowest BCUT2D eigenvalue weighted by molar-refractivity contribution is -0.0288. The minimum Gasteiger partial charge on any atom is -0.381 e. The molecule has 2 rings (SSSR count). The number of hydrogen-bond acceptors (Lipinski definition) is 3. The Hall–Kier alpha value is -0.120. The molecule has 4 unspecified atom stereocenters. The van der Waals surface area contributed by atoms with E-state index in [1.807, 2.05) is 7.11 Å². The van der Waals surface area contributed by atoms with Gasteiger partial charge in [0.25, 0.3) is 0 Å². The van der Waals surface area contributed by atoms with Crippen molar-refractivity contribution in [2.45, 2.75) is 76.5 Å². The number of rotatable bonds is 6. The van der Waals surface area contributed by atoms with Crippen molar-refractivity contribution < 1.29 is 9.47 Å². The fraction of sp³-hybridized carbons (Fsp3) is 1.00. The van der Waals surface area contributed by atoms with Gasteiger partial charge in [-0.3, -0.25) is 0 Å². The maximum absolute atomic E-state index is 5.99. The lowest BCUT2D eigenvalue weighted by atomic mass is 9.87. The van der Waals surface area contributed by atoms with Crippen LogP contribution in [0.3, 0.4) is 0 Å². The van der Waals surface area contributed by atoms with E-state index in [2.05, 4.69) is 12.2 Å². The fourth-order valence-corrected chi connectivity index (χ4v) is 3.58. The van der Waals surface area contributed by atoms with Crippen LogP contribution in [-0.2, 0) is 9.47 Å². The Morgan fingerprint density at radius 3 is 2.58 bits per heavy atom. The van der Waals surface area contributed by atoms with Crippen molar-refractivity contribution >= 4 is 0 Å². The molecule has 0 radical (unpaired) electrons. The Morgan fingerprint density at radius 2 is 1.79 bits per heavy atom. The lowest BCUT2D eigenvalue weighted by Gasteiger charge is -2.30. The standard InChI is InChI=1S/C16H31NO2/c1-13-5-3-6-14(11-13)17-9-10-19-16-8-4-7-15(12-16)18-2/h13-17H,3-12H2,1-2H3. The van der Waals surface area contributed by atoms with Gasteiger partial charge >= 0.3 is 0 Å². The Morgan fingerprint density at radius 1 is 1.00 bits per heavy atom. The molecule has 2 fully saturated rings. The van der Waals surface area contributed by atoms with E-state index < -0.39 is 0 Å². The highest BCUT2D eigenvalue weighted by Crippen LogP contribution is 2.24. The molecule has 2 aliphatic carbocycles. The average molecular weight is 269 g/mol. The van der Waals surface area contributed by atoms with Crippen molar-refractivity contribution in [1.29, 1.82) is 0 Å². The second-order valence-electron chi connectivity index (χ2n) is 6.44. The summed E-state index contributed by atoms with van der Waals surface area (Å²) in [6, 6.07) is 0.727. The van der Waals surface area contributed by atoms with E-state index in [4.69, 9.17) is 9.47 Å². The van der Waals surface area contributed by atoms with Crippen LogP contribution in [0.2, 0.25) is 0 Å². The molecule has 19 heavy (non-hydrogen) atoms. The highest BCUT2D eigenvalue weighted by molar-refractivity contribution is 4.76.